The Morgan fingerprint density at radius 2 is 1.73 bits per heavy atom. The van der Waals surface area contributed by atoms with Crippen molar-refractivity contribution in [2.45, 2.75) is 43.9 Å². The molecule has 1 aromatic heterocycles. The smallest absolute Gasteiger partial charge is 0.413 e. The van der Waals surface area contributed by atoms with Crippen molar-refractivity contribution in [3.63, 3.8) is 0 Å². The predicted molar refractivity (Wildman–Crippen MR) is 193 cm³/mol. The molecule has 1 saturated heterocycles. The molecule has 2 atom stereocenters. The van der Waals surface area contributed by atoms with Crippen molar-refractivity contribution in [2.24, 2.45) is 5.16 Å². The van der Waals surface area contributed by atoms with Gasteiger partial charge in [-0.1, -0.05) is 78.5 Å². The van der Waals surface area contributed by atoms with E-state index in [0.717, 1.165) is 34.3 Å². The summed E-state index contributed by atoms with van der Waals surface area (Å²) in [5.74, 6) is -3.03. The minimum atomic E-state index is -4.12. The lowest BCUT2D eigenvalue weighted by atomic mass is 10.0. The van der Waals surface area contributed by atoms with Crippen LogP contribution in [0.1, 0.15) is 43.7 Å². The number of β-lactam (4-membered cyclic amide) rings is 1. The summed E-state index contributed by atoms with van der Waals surface area (Å²) in [5, 5.41) is 9.71. The van der Waals surface area contributed by atoms with Crippen LogP contribution in [0.15, 0.2) is 95.3 Å². The van der Waals surface area contributed by atoms with Crippen molar-refractivity contribution in [3.05, 3.63) is 107 Å². The fourth-order valence-corrected chi connectivity index (χ4v) is 7.49. The van der Waals surface area contributed by atoms with Crippen LogP contribution in [0.3, 0.4) is 0 Å². The van der Waals surface area contributed by atoms with Gasteiger partial charge in [-0.2, -0.15) is 8.42 Å². The Morgan fingerprint density at radius 1 is 1.10 bits per heavy atom. The van der Waals surface area contributed by atoms with Gasteiger partial charge in [0.1, 0.15) is 29.3 Å². The average Bonchev–Trinajstić information content (AvgIpc) is 3.54. The molecule has 3 aromatic rings. The number of anilines is 1. The summed E-state index contributed by atoms with van der Waals surface area (Å²) in [4.78, 5) is 64.1. The highest BCUT2D eigenvalue weighted by atomic mass is 32.2. The predicted octanol–water partition coefficient (Wildman–Crippen LogP) is 4.32. The molecule has 3 amide bonds. The van der Waals surface area contributed by atoms with Crippen molar-refractivity contribution in [3.8, 4) is 0 Å². The van der Waals surface area contributed by atoms with Gasteiger partial charge in [-0.3, -0.25) is 19.8 Å². The molecule has 0 unspecified atom stereocenters. The first-order chi connectivity index (χ1) is 24.6. The van der Waals surface area contributed by atoms with Gasteiger partial charge in [0.15, 0.2) is 28.4 Å². The van der Waals surface area contributed by atoms with Gasteiger partial charge in [0, 0.05) is 5.38 Å². The number of hydrogen-bond donors (Lipinski definition) is 2. The Kier molecular flexibility index (Phi) is 11.7. The lowest BCUT2D eigenvalue weighted by Gasteiger charge is -2.49. The molecule has 52 heavy (non-hydrogen) atoms. The molecule has 18 heteroatoms. The monoisotopic (exact) mass is 769 g/mol. The van der Waals surface area contributed by atoms with Gasteiger partial charge in [0.25, 0.3) is 11.8 Å². The topological polar surface area (TPSA) is 192 Å². The number of carbonyl (C=O) groups is 4. The average molecular weight is 770 g/mol. The Balaban J connectivity index is 1.39. The molecule has 5 rings (SSSR count). The molecule has 2 aliphatic heterocycles. The van der Waals surface area contributed by atoms with Crippen molar-refractivity contribution in [1.29, 1.82) is 0 Å². The van der Waals surface area contributed by atoms with Crippen molar-refractivity contribution >= 4 is 67.9 Å². The maximum absolute atomic E-state index is 14.0. The molecule has 1 fully saturated rings. The number of amides is 3. The number of carbonyl (C=O) groups excluding carboxylic acids is 4. The van der Waals surface area contributed by atoms with E-state index in [1.807, 2.05) is 0 Å². The molecule has 0 saturated carbocycles. The lowest BCUT2D eigenvalue weighted by molar-refractivity contribution is -0.154. The van der Waals surface area contributed by atoms with E-state index in [9.17, 15) is 27.6 Å². The third-order valence-electron chi connectivity index (χ3n) is 7.01. The SMILES string of the molecule is C=CCO/N=C(\C(=O)N[C@@H]1C(=O)N2C(C(=O)OC(c3ccccc3)c3ccccc3)=C(OS(C)(=O)=O)CS[C@@H]12)c1csc(NC(=O)OC(C)(C)C)n1. The fourth-order valence-electron chi connectivity index (χ4n) is 4.97. The van der Waals surface area contributed by atoms with E-state index in [4.69, 9.17) is 18.5 Å². The molecular formula is C34H35N5O10S3. The van der Waals surface area contributed by atoms with Crippen LogP contribution in [0.5, 0.6) is 0 Å². The summed E-state index contributed by atoms with van der Waals surface area (Å²) in [5.41, 5.74) is -0.184. The van der Waals surface area contributed by atoms with Gasteiger partial charge < -0.3 is 23.8 Å². The van der Waals surface area contributed by atoms with Crippen LogP contribution in [0.25, 0.3) is 0 Å². The van der Waals surface area contributed by atoms with Gasteiger partial charge in [-0.05, 0) is 31.9 Å². The quantitative estimate of drug-likeness (QED) is 0.0477. The van der Waals surface area contributed by atoms with Crippen LogP contribution < -0.4 is 10.6 Å². The number of ether oxygens (including phenoxy) is 2. The number of fused-ring (bicyclic) bond motifs is 1. The number of oxime groups is 1. The van der Waals surface area contributed by atoms with E-state index in [2.05, 4.69) is 27.4 Å². The molecule has 2 N–H and O–H groups in total. The summed E-state index contributed by atoms with van der Waals surface area (Å²) in [6, 6.07) is 16.6. The summed E-state index contributed by atoms with van der Waals surface area (Å²) < 4.78 is 40.9. The molecule has 3 heterocycles. The van der Waals surface area contributed by atoms with Gasteiger partial charge >= 0.3 is 22.2 Å². The summed E-state index contributed by atoms with van der Waals surface area (Å²) in [7, 11) is -4.12. The van der Waals surface area contributed by atoms with E-state index in [0.29, 0.717) is 11.1 Å². The van der Waals surface area contributed by atoms with Gasteiger partial charge in [0.05, 0.1) is 12.0 Å². The van der Waals surface area contributed by atoms with Crippen molar-refractivity contribution < 1.29 is 46.1 Å². The number of nitrogens with zero attached hydrogens (tertiary/aromatic N) is 3. The molecule has 0 radical (unpaired) electrons. The van der Waals surface area contributed by atoms with E-state index in [1.54, 1.807) is 81.4 Å². The highest BCUT2D eigenvalue weighted by molar-refractivity contribution is 8.00. The van der Waals surface area contributed by atoms with E-state index >= 15 is 0 Å². The number of thiazole rings is 1. The number of hydrogen-bond acceptors (Lipinski definition) is 14. The maximum Gasteiger partial charge on any atom is 0.413 e. The zero-order valence-electron chi connectivity index (χ0n) is 28.4. The Labute approximate surface area is 308 Å². The summed E-state index contributed by atoms with van der Waals surface area (Å²) in [6.07, 6.45) is 0.558. The van der Waals surface area contributed by atoms with E-state index < -0.39 is 62.8 Å². The van der Waals surface area contributed by atoms with Crippen LogP contribution in [0.2, 0.25) is 0 Å². The minimum Gasteiger partial charge on any atom is -0.448 e. The zero-order chi connectivity index (χ0) is 37.6. The van der Waals surface area contributed by atoms with Crippen molar-refractivity contribution in [2.75, 3.05) is 23.9 Å². The van der Waals surface area contributed by atoms with Crippen LogP contribution >= 0.6 is 23.1 Å². The molecule has 0 bridgehead atoms. The normalized spacial score (nSPS) is 17.4. The second kappa shape index (κ2) is 16.0. The zero-order valence-corrected chi connectivity index (χ0v) is 30.9. The minimum absolute atomic E-state index is 0.0263. The van der Waals surface area contributed by atoms with Gasteiger partial charge in [-0.25, -0.2) is 14.6 Å². The third-order valence-corrected chi connectivity index (χ3v) is 9.53. The first-order valence-electron chi connectivity index (χ1n) is 15.6. The third kappa shape index (κ3) is 9.36. The van der Waals surface area contributed by atoms with Gasteiger partial charge in [-0.15, -0.1) is 23.1 Å². The van der Waals surface area contributed by atoms with E-state index in [1.165, 1.54) is 11.5 Å². The lowest BCUT2D eigenvalue weighted by Crippen LogP contribution is -2.71. The fraction of sp³-hybridized carbons (Fsp3) is 0.294. The first-order valence-corrected chi connectivity index (χ1v) is 19.4. The Bertz CT molecular complexity index is 1970. The van der Waals surface area contributed by atoms with Crippen LogP contribution in [-0.2, 0) is 43.0 Å². The van der Waals surface area contributed by atoms with E-state index in [-0.39, 0.29) is 34.7 Å². The molecule has 0 spiro atoms. The number of thioether (sulfide) groups is 1. The highest BCUT2D eigenvalue weighted by Crippen LogP contribution is 2.42. The standard InChI is InChI=1S/C34H35N5O10S3/c1-6-17-46-38-24(22-18-51-32(35-22)37-33(43)48-34(2,3)4)28(40)36-25-29(41)39-26(23(19-50-30(25)39)49-52(5,44)45)31(42)47-27(20-13-9-7-10-14-20)21-15-11-8-12-16-21/h6-16,18,25,27,30H,1,17,19H2,2-5H3,(H,36,40)(H,35,37,43)/b38-24-/t25-,30+/m1/s1. The van der Waals surface area contributed by atoms with Crippen LogP contribution in [0, 0.1) is 0 Å². The van der Waals surface area contributed by atoms with Crippen LogP contribution in [-0.4, -0.2) is 83.5 Å². The Hall–Kier alpha value is -5.20. The molecule has 2 aliphatic rings. The number of rotatable bonds is 13. The first kappa shape index (κ1) is 38.0. The highest BCUT2D eigenvalue weighted by Gasteiger charge is 2.56. The summed E-state index contributed by atoms with van der Waals surface area (Å²) in [6.45, 7) is 8.61. The molecule has 15 nitrogen and oxygen atoms in total. The number of nitrogens with one attached hydrogen (secondary N) is 2. The molecule has 274 valence electrons. The largest absolute Gasteiger partial charge is 0.448 e. The molecule has 0 aliphatic carbocycles. The molecular weight excluding hydrogens is 735 g/mol. The number of esters is 1. The number of aromatic nitrogens is 1. The Morgan fingerprint density at radius 3 is 2.31 bits per heavy atom. The summed E-state index contributed by atoms with van der Waals surface area (Å²) >= 11 is 2.07. The maximum atomic E-state index is 14.0. The van der Waals surface area contributed by atoms with Crippen molar-refractivity contribution in [1.82, 2.24) is 15.2 Å². The second-order valence-electron chi connectivity index (χ2n) is 12.2. The van der Waals surface area contributed by atoms with Gasteiger partial charge in [0.2, 0.25) is 0 Å². The number of benzene rings is 2. The van der Waals surface area contributed by atoms with Crippen LogP contribution in [0.4, 0.5) is 9.93 Å². The molecule has 2 aromatic carbocycles. The second-order valence-corrected chi connectivity index (χ2v) is 15.8.